The summed E-state index contributed by atoms with van der Waals surface area (Å²) in [4.78, 5) is 7.12. The molecule has 1 unspecified atom stereocenters. The fourth-order valence-electron chi connectivity index (χ4n) is 3.23. The van der Waals surface area contributed by atoms with Crippen LogP contribution in [-0.4, -0.2) is 70.1 Å². The first-order chi connectivity index (χ1) is 11.8. The number of hydrogen-bond donors (Lipinski definition) is 2. The van der Waals surface area contributed by atoms with Crippen molar-refractivity contribution in [2.75, 3.05) is 38.7 Å². The average molecular weight is 375 g/mol. The van der Waals surface area contributed by atoms with E-state index in [4.69, 9.17) is 0 Å². The van der Waals surface area contributed by atoms with Crippen LogP contribution in [0, 0.1) is 0 Å². The Balaban J connectivity index is 2.33. The molecule has 0 spiro atoms. The third-order valence-corrected chi connectivity index (χ3v) is 5.76. The van der Waals surface area contributed by atoms with Crippen molar-refractivity contribution in [1.29, 1.82) is 0 Å². The molecule has 0 aliphatic heterocycles. The number of nitrogens with zero attached hydrogens (tertiary/aromatic N) is 2. The third kappa shape index (κ3) is 10.7. The van der Waals surface area contributed by atoms with Crippen LogP contribution in [0.4, 0.5) is 0 Å². The van der Waals surface area contributed by atoms with Crippen LogP contribution in [-0.2, 0) is 9.84 Å². The molecule has 0 amide bonds. The Bertz CT molecular complexity index is 487. The lowest BCUT2D eigenvalue weighted by Gasteiger charge is -2.31. The van der Waals surface area contributed by atoms with Crippen LogP contribution < -0.4 is 10.6 Å². The van der Waals surface area contributed by atoms with E-state index in [1.165, 1.54) is 38.4 Å². The molecule has 0 saturated heterocycles. The Morgan fingerprint density at radius 1 is 1.28 bits per heavy atom. The summed E-state index contributed by atoms with van der Waals surface area (Å²) in [6.07, 6.45) is 9.71. The lowest BCUT2D eigenvalue weighted by atomic mass is 9.94. The summed E-state index contributed by atoms with van der Waals surface area (Å²) < 4.78 is 22.5. The topological polar surface area (TPSA) is 73.8 Å². The van der Waals surface area contributed by atoms with Crippen molar-refractivity contribution < 1.29 is 8.42 Å². The highest BCUT2D eigenvalue weighted by atomic mass is 32.2. The van der Waals surface area contributed by atoms with E-state index in [-0.39, 0.29) is 11.8 Å². The molecule has 2 N–H and O–H groups in total. The van der Waals surface area contributed by atoms with Gasteiger partial charge in [-0.2, -0.15) is 0 Å². The van der Waals surface area contributed by atoms with E-state index in [0.29, 0.717) is 6.42 Å². The van der Waals surface area contributed by atoms with Crippen molar-refractivity contribution in [3.05, 3.63) is 0 Å². The fourth-order valence-corrected chi connectivity index (χ4v) is 4.01. The van der Waals surface area contributed by atoms with Crippen molar-refractivity contribution >= 4 is 15.8 Å². The number of aliphatic imine (C=N–C) groups is 1. The van der Waals surface area contributed by atoms with Gasteiger partial charge in [0.15, 0.2) is 5.96 Å². The van der Waals surface area contributed by atoms with Gasteiger partial charge in [-0.1, -0.05) is 19.3 Å². The molecule has 1 atom stereocenters. The van der Waals surface area contributed by atoms with Gasteiger partial charge in [-0.3, -0.25) is 4.99 Å². The average Bonchev–Trinajstić information content (AvgIpc) is 2.57. The normalized spacial score (nSPS) is 18.4. The van der Waals surface area contributed by atoms with Crippen molar-refractivity contribution in [3.8, 4) is 0 Å². The number of guanidine groups is 1. The molecule has 0 aromatic heterocycles. The molecular weight excluding hydrogens is 336 g/mol. The van der Waals surface area contributed by atoms with E-state index in [9.17, 15) is 8.42 Å². The van der Waals surface area contributed by atoms with Crippen molar-refractivity contribution in [3.63, 3.8) is 0 Å². The number of hydrogen-bond acceptors (Lipinski definition) is 4. The van der Waals surface area contributed by atoms with E-state index in [2.05, 4.69) is 27.6 Å². The largest absolute Gasteiger partial charge is 0.357 e. The van der Waals surface area contributed by atoms with Gasteiger partial charge in [-0.05, 0) is 53.1 Å². The first kappa shape index (κ1) is 22.2. The predicted molar refractivity (Wildman–Crippen MR) is 107 cm³/mol. The Hall–Kier alpha value is -0.820. The van der Waals surface area contributed by atoms with Gasteiger partial charge in [0.05, 0.1) is 5.75 Å². The molecule has 0 bridgehead atoms. The van der Waals surface area contributed by atoms with Crippen LogP contribution >= 0.6 is 0 Å². The summed E-state index contributed by atoms with van der Waals surface area (Å²) in [6.45, 7) is 6.69. The van der Waals surface area contributed by atoms with Crippen molar-refractivity contribution in [1.82, 2.24) is 15.5 Å². The third-order valence-electron chi connectivity index (χ3n) is 4.79. The second kappa shape index (κ2) is 11.7. The van der Waals surface area contributed by atoms with Crippen LogP contribution in [0.2, 0.25) is 0 Å². The molecule has 0 aromatic rings. The van der Waals surface area contributed by atoms with Crippen molar-refractivity contribution in [2.45, 2.75) is 70.9 Å². The second-order valence-electron chi connectivity index (χ2n) is 7.35. The molecule has 1 fully saturated rings. The lowest BCUT2D eigenvalue weighted by molar-refractivity contribution is 0.191. The van der Waals surface area contributed by atoms with E-state index in [1.807, 2.05) is 13.8 Å². The maximum Gasteiger partial charge on any atom is 0.191 e. The van der Waals surface area contributed by atoms with Gasteiger partial charge in [0.2, 0.25) is 0 Å². The highest BCUT2D eigenvalue weighted by Crippen LogP contribution is 2.21. The first-order valence-electron chi connectivity index (χ1n) is 9.74. The zero-order valence-corrected chi connectivity index (χ0v) is 17.4. The van der Waals surface area contributed by atoms with E-state index in [1.54, 1.807) is 0 Å². The smallest absolute Gasteiger partial charge is 0.191 e. The minimum atomic E-state index is -2.91. The molecule has 7 heteroatoms. The molecule has 1 aliphatic rings. The van der Waals surface area contributed by atoms with Crippen LogP contribution in [0.15, 0.2) is 4.99 Å². The summed E-state index contributed by atoms with van der Waals surface area (Å²) in [6, 6.07) is 0.831. The maximum absolute atomic E-state index is 11.3. The Kier molecular flexibility index (Phi) is 10.4. The van der Waals surface area contributed by atoms with Gasteiger partial charge in [0, 0.05) is 31.4 Å². The SMILES string of the molecule is CCNC(=NCCCN(C)C1CCCCC1)NC(C)CCS(C)(=O)=O. The first-order valence-corrected chi connectivity index (χ1v) is 11.8. The van der Waals surface area contributed by atoms with Gasteiger partial charge < -0.3 is 15.5 Å². The highest BCUT2D eigenvalue weighted by Gasteiger charge is 2.17. The van der Waals surface area contributed by atoms with Gasteiger partial charge >= 0.3 is 0 Å². The maximum atomic E-state index is 11.3. The van der Waals surface area contributed by atoms with Gasteiger partial charge in [0.1, 0.15) is 9.84 Å². The predicted octanol–water partition coefficient (Wildman–Crippen LogP) is 2.02. The Morgan fingerprint density at radius 3 is 2.56 bits per heavy atom. The summed E-state index contributed by atoms with van der Waals surface area (Å²) in [5.74, 6) is 0.982. The van der Waals surface area contributed by atoms with Gasteiger partial charge in [-0.15, -0.1) is 0 Å². The quantitative estimate of drug-likeness (QED) is 0.348. The summed E-state index contributed by atoms with van der Waals surface area (Å²) in [7, 11) is -0.682. The molecule has 6 nitrogen and oxygen atoms in total. The molecule has 0 heterocycles. The monoisotopic (exact) mass is 374 g/mol. The Labute approximate surface area is 154 Å². The van der Waals surface area contributed by atoms with Crippen LogP contribution in [0.3, 0.4) is 0 Å². The minimum absolute atomic E-state index is 0.0810. The zero-order chi connectivity index (χ0) is 18.7. The number of sulfone groups is 1. The van der Waals surface area contributed by atoms with E-state index >= 15 is 0 Å². The van der Waals surface area contributed by atoms with Crippen LogP contribution in [0.5, 0.6) is 0 Å². The fraction of sp³-hybridized carbons (Fsp3) is 0.944. The molecule has 1 saturated carbocycles. The highest BCUT2D eigenvalue weighted by molar-refractivity contribution is 7.90. The number of nitrogens with one attached hydrogen (secondary N) is 2. The molecule has 0 aromatic carbocycles. The number of rotatable bonds is 10. The molecule has 1 rings (SSSR count). The molecule has 148 valence electrons. The zero-order valence-electron chi connectivity index (χ0n) is 16.6. The van der Waals surface area contributed by atoms with E-state index < -0.39 is 9.84 Å². The Morgan fingerprint density at radius 2 is 1.96 bits per heavy atom. The van der Waals surface area contributed by atoms with Crippen LogP contribution in [0.1, 0.15) is 58.8 Å². The standard InChI is InChI=1S/C18H38N4O2S/c1-5-19-18(21-16(2)12-15-25(4,23)24)20-13-9-14-22(3)17-10-7-6-8-11-17/h16-17H,5-15H2,1-4H3,(H2,19,20,21). The summed E-state index contributed by atoms with van der Waals surface area (Å²) in [5, 5.41) is 6.54. The van der Waals surface area contributed by atoms with Crippen LogP contribution in [0.25, 0.3) is 0 Å². The van der Waals surface area contributed by atoms with Gasteiger partial charge in [0.25, 0.3) is 0 Å². The summed E-state index contributed by atoms with van der Waals surface area (Å²) >= 11 is 0. The summed E-state index contributed by atoms with van der Waals surface area (Å²) in [5.41, 5.74) is 0. The lowest BCUT2D eigenvalue weighted by Crippen LogP contribution is -2.43. The van der Waals surface area contributed by atoms with Crippen molar-refractivity contribution in [2.24, 2.45) is 4.99 Å². The second-order valence-corrected chi connectivity index (χ2v) is 9.61. The molecule has 1 aliphatic carbocycles. The molecule has 25 heavy (non-hydrogen) atoms. The molecule has 0 radical (unpaired) electrons. The van der Waals surface area contributed by atoms with E-state index in [0.717, 1.165) is 38.1 Å². The molecular formula is C18H38N4O2S. The van der Waals surface area contributed by atoms with Gasteiger partial charge in [-0.25, -0.2) is 8.42 Å². The minimum Gasteiger partial charge on any atom is -0.357 e.